The SMILES string of the molecule is Cn1c(C(C)(C)C)c(N)c(=O)n1C1CCCC1. The average Bonchev–Trinajstić information content (AvgIpc) is 2.74. The van der Waals surface area contributed by atoms with E-state index >= 15 is 0 Å². The van der Waals surface area contributed by atoms with Crippen LogP contribution >= 0.6 is 0 Å². The second kappa shape index (κ2) is 3.93. The van der Waals surface area contributed by atoms with E-state index in [1.165, 1.54) is 12.8 Å². The van der Waals surface area contributed by atoms with Gasteiger partial charge in [0.05, 0.1) is 11.7 Å². The van der Waals surface area contributed by atoms with Crippen molar-refractivity contribution in [2.45, 2.75) is 57.9 Å². The largest absolute Gasteiger partial charge is 0.393 e. The van der Waals surface area contributed by atoms with Crippen molar-refractivity contribution >= 4 is 5.69 Å². The van der Waals surface area contributed by atoms with Gasteiger partial charge in [-0.05, 0) is 12.8 Å². The molecule has 0 aromatic carbocycles. The Kier molecular flexibility index (Phi) is 2.84. The predicted octanol–water partition coefficient (Wildman–Crippen LogP) is 2.18. The molecule has 0 radical (unpaired) electrons. The van der Waals surface area contributed by atoms with E-state index < -0.39 is 0 Å². The van der Waals surface area contributed by atoms with Crippen LogP contribution in [-0.2, 0) is 12.5 Å². The number of rotatable bonds is 1. The molecule has 4 nitrogen and oxygen atoms in total. The van der Waals surface area contributed by atoms with E-state index in [0.717, 1.165) is 18.5 Å². The number of hydrogen-bond acceptors (Lipinski definition) is 2. The summed E-state index contributed by atoms with van der Waals surface area (Å²) in [6, 6.07) is 0.339. The molecule has 1 aromatic heterocycles. The smallest absolute Gasteiger partial charge is 0.290 e. The van der Waals surface area contributed by atoms with E-state index in [2.05, 4.69) is 20.8 Å². The third-order valence-corrected chi connectivity index (χ3v) is 3.72. The Morgan fingerprint density at radius 2 is 1.76 bits per heavy atom. The number of hydrogen-bond donors (Lipinski definition) is 1. The first-order valence-corrected chi connectivity index (χ1v) is 6.41. The summed E-state index contributed by atoms with van der Waals surface area (Å²) in [6.07, 6.45) is 4.63. The Labute approximate surface area is 102 Å². The van der Waals surface area contributed by atoms with E-state index in [1.54, 1.807) is 0 Å². The summed E-state index contributed by atoms with van der Waals surface area (Å²) in [6.45, 7) is 6.28. The van der Waals surface area contributed by atoms with Gasteiger partial charge in [-0.3, -0.25) is 9.48 Å². The quantitative estimate of drug-likeness (QED) is 0.814. The molecule has 2 rings (SSSR count). The maximum absolute atomic E-state index is 12.3. The molecule has 1 aromatic rings. The molecule has 4 heteroatoms. The first kappa shape index (κ1) is 12.3. The predicted molar refractivity (Wildman–Crippen MR) is 70.3 cm³/mol. The lowest BCUT2D eigenvalue weighted by molar-refractivity contribution is 0.371. The minimum absolute atomic E-state index is 0.00988. The van der Waals surface area contributed by atoms with Gasteiger partial charge in [0, 0.05) is 12.5 Å². The summed E-state index contributed by atoms with van der Waals surface area (Å²) in [5.74, 6) is 0. The molecule has 0 spiro atoms. The maximum atomic E-state index is 12.3. The third kappa shape index (κ3) is 1.90. The second-order valence-electron chi connectivity index (χ2n) is 6.12. The lowest BCUT2D eigenvalue weighted by atomic mass is 9.91. The standard InChI is InChI=1S/C13H23N3O/c1-13(2,3)11-10(14)12(17)16(15(11)4)9-7-5-6-8-9/h9H,5-8,14H2,1-4H3. The fraction of sp³-hybridized carbons (Fsp3) is 0.769. The van der Waals surface area contributed by atoms with Crippen molar-refractivity contribution in [3.05, 3.63) is 16.0 Å². The monoisotopic (exact) mass is 237 g/mol. The van der Waals surface area contributed by atoms with Crippen LogP contribution in [0, 0.1) is 0 Å². The fourth-order valence-electron chi connectivity index (χ4n) is 3.09. The van der Waals surface area contributed by atoms with Gasteiger partial charge in [-0.25, -0.2) is 4.68 Å². The van der Waals surface area contributed by atoms with E-state index in [9.17, 15) is 4.79 Å². The molecule has 0 bridgehead atoms. The molecule has 17 heavy (non-hydrogen) atoms. The maximum Gasteiger partial charge on any atom is 0.290 e. The summed E-state index contributed by atoms with van der Waals surface area (Å²) in [5.41, 5.74) is 7.27. The van der Waals surface area contributed by atoms with Gasteiger partial charge < -0.3 is 5.73 Å². The summed E-state index contributed by atoms with van der Waals surface area (Å²) >= 11 is 0. The number of aromatic nitrogens is 2. The Morgan fingerprint density at radius 3 is 2.18 bits per heavy atom. The lowest BCUT2D eigenvalue weighted by Gasteiger charge is -2.22. The normalized spacial score (nSPS) is 17.9. The van der Waals surface area contributed by atoms with Crippen LogP contribution in [0.5, 0.6) is 0 Å². The highest BCUT2D eigenvalue weighted by molar-refractivity contribution is 5.45. The number of anilines is 1. The van der Waals surface area contributed by atoms with Gasteiger partial charge in [-0.1, -0.05) is 33.6 Å². The van der Waals surface area contributed by atoms with Crippen molar-refractivity contribution in [2.24, 2.45) is 7.05 Å². The van der Waals surface area contributed by atoms with Crippen molar-refractivity contribution in [2.75, 3.05) is 5.73 Å². The van der Waals surface area contributed by atoms with Crippen LogP contribution < -0.4 is 11.3 Å². The molecule has 96 valence electrons. The Balaban J connectivity index is 2.58. The number of nitrogens with zero attached hydrogens (tertiary/aromatic N) is 2. The third-order valence-electron chi connectivity index (χ3n) is 3.72. The van der Waals surface area contributed by atoms with Gasteiger partial charge in [0.15, 0.2) is 0 Å². The van der Waals surface area contributed by atoms with Crippen molar-refractivity contribution in [1.82, 2.24) is 9.36 Å². The highest BCUT2D eigenvalue weighted by Gasteiger charge is 2.29. The zero-order chi connectivity index (χ0) is 12.8. The van der Waals surface area contributed by atoms with Crippen LogP contribution in [0.15, 0.2) is 4.79 Å². The first-order chi connectivity index (χ1) is 7.84. The van der Waals surface area contributed by atoms with Crippen molar-refractivity contribution in [1.29, 1.82) is 0 Å². The second-order valence-corrected chi connectivity index (χ2v) is 6.12. The van der Waals surface area contributed by atoms with Gasteiger partial charge in [0.25, 0.3) is 5.56 Å². The highest BCUT2D eigenvalue weighted by Crippen LogP contribution is 2.32. The fourth-order valence-corrected chi connectivity index (χ4v) is 3.09. The van der Waals surface area contributed by atoms with E-state index in [4.69, 9.17) is 5.73 Å². The molecule has 1 fully saturated rings. The van der Waals surface area contributed by atoms with Gasteiger partial charge in [0.2, 0.25) is 0 Å². The summed E-state index contributed by atoms with van der Waals surface area (Å²) < 4.78 is 3.84. The molecule has 0 saturated heterocycles. The molecule has 1 heterocycles. The van der Waals surface area contributed by atoms with Crippen LogP contribution in [0.2, 0.25) is 0 Å². The molecule has 0 atom stereocenters. The molecule has 0 amide bonds. The van der Waals surface area contributed by atoms with Crippen molar-refractivity contribution in [3.63, 3.8) is 0 Å². The molecule has 0 aliphatic heterocycles. The van der Waals surface area contributed by atoms with Gasteiger partial charge in [-0.2, -0.15) is 0 Å². The van der Waals surface area contributed by atoms with Crippen LogP contribution in [0.3, 0.4) is 0 Å². The van der Waals surface area contributed by atoms with Crippen LogP contribution in [0.4, 0.5) is 5.69 Å². The summed E-state index contributed by atoms with van der Waals surface area (Å²) in [7, 11) is 1.96. The molecule has 1 aliphatic carbocycles. The van der Waals surface area contributed by atoms with Crippen LogP contribution in [0.1, 0.15) is 58.2 Å². The van der Waals surface area contributed by atoms with Crippen molar-refractivity contribution < 1.29 is 0 Å². The molecule has 0 unspecified atom stereocenters. The number of nitrogen functional groups attached to an aromatic ring is 1. The average molecular weight is 237 g/mol. The van der Waals surface area contributed by atoms with Crippen LogP contribution in [-0.4, -0.2) is 9.36 Å². The summed E-state index contributed by atoms with van der Waals surface area (Å²) in [5, 5.41) is 0. The van der Waals surface area contributed by atoms with E-state index in [1.807, 2.05) is 16.4 Å². The van der Waals surface area contributed by atoms with Gasteiger partial charge >= 0.3 is 0 Å². The van der Waals surface area contributed by atoms with E-state index in [-0.39, 0.29) is 11.0 Å². The molecule has 2 N–H and O–H groups in total. The molecular weight excluding hydrogens is 214 g/mol. The Bertz CT molecular complexity index is 470. The summed E-state index contributed by atoms with van der Waals surface area (Å²) in [4.78, 5) is 12.3. The zero-order valence-corrected chi connectivity index (χ0v) is 11.3. The zero-order valence-electron chi connectivity index (χ0n) is 11.3. The van der Waals surface area contributed by atoms with Crippen LogP contribution in [0.25, 0.3) is 0 Å². The molecule has 1 saturated carbocycles. The van der Waals surface area contributed by atoms with Crippen molar-refractivity contribution in [3.8, 4) is 0 Å². The van der Waals surface area contributed by atoms with E-state index in [0.29, 0.717) is 11.7 Å². The van der Waals surface area contributed by atoms with Gasteiger partial charge in [-0.15, -0.1) is 0 Å². The first-order valence-electron chi connectivity index (χ1n) is 6.41. The lowest BCUT2D eigenvalue weighted by Crippen LogP contribution is -2.26. The molecule has 1 aliphatic rings. The van der Waals surface area contributed by atoms with Gasteiger partial charge in [0.1, 0.15) is 5.69 Å². The topological polar surface area (TPSA) is 52.9 Å². The minimum atomic E-state index is -0.0954. The molecular formula is C13H23N3O. The Hall–Kier alpha value is -1.19. The highest BCUT2D eigenvalue weighted by atomic mass is 16.1. The Morgan fingerprint density at radius 1 is 1.24 bits per heavy atom. The number of nitrogens with two attached hydrogens (primary N) is 1. The minimum Gasteiger partial charge on any atom is -0.393 e.